The number of likely N-dealkylation sites (N-methyl/N-ethyl adjacent to an activating group) is 1. The van der Waals surface area contributed by atoms with Crippen LogP contribution in [0.1, 0.15) is 25.5 Å². The van der Waals surface area contributed by atoms with Crippen LogP contribution in [0.4, 0.5) is 0 Å². The summed E-state index contributed by atoms with van der Waals surface area (Å²) in [7, 11) is -2.06. The molecular formula is C13H22N2O3S. The number of aliphatic hydroxyl groups excluding tert-OH is 1. The molecule has 0 aliphatic heterocycles. The molecule has 0 saturated carbocycles. The van der Waals surface area contributed by atoms with E-state index in [1.165, 1.54) is 7.05 Å². The molecule has 0 saturated heterocycles. The maximum Gasteiger partial charge on any atom is 0.242 e. The Morgan fingerprint density at radius 1 is 1.42 bits per heavy atom. The second-order valence-electron chi connectivity index (χ2n) is 4.40. The summed E-state index contributed by atoms with van der Waals surface area (Å²) in [5.41, 5.74) is 0.931. The molecule has 1 atom stereocenters. The standard InChI is InChI=1S/C13H22N2O3S/c1-4-14-11(2)12-6-5-7-13(10-12)19(17,18)15(3)8-9-16/h5-7,10-11,14,16H,4,8-9H2,1-3H3. The summed E-state index contributed by atoms with van der Waals surface area (Å²) in [6.07, 6.45) is 0. The zero-order valence-corrected chi connectivity index (χ0v) is 12.4. The number of aliphatic hydroxyl groups is 1. The third-order valence-electron chi connectivity index (χ3n) is 2.99. The molecule has 0 amide bonds. The molecule has 0 aliphatic carbocycles. The van der Waals surface area contributed by atoms with Gasteiger partial charge in [0.15, 0.2) is 0 Å². The zero-order valence-electron chi connectivity index (χ0n) is 11.6. The van der Waals surface area contributed by atoms with Crippen LogP contribution < -0.4 is 5.32 Å². The van der Waals surface area contributed by atoms with E-state index in [1.54, 1.807) is 18.2 Å². The Morgan fingerprint density at radius 2 is 2.11 bits per heavy atom. The Kier molecular flexibility index (Phi) is 5.93. The predicted octanol–water partition coefficient (Wildman–Crippen LogP) is 0.970. The van der Waals surface area contributed by atoms with Crippen LogP contribution in [0.25, 0.3) is 0 Å². The third kappa shape index (κ3) is 4.01. The molecule has 19 heavy (non-hydrogen) atoms. The van der Waals surface area contributed by atoms with Gasteiger partial charge in [-0.25, -0.2) is 8.42 Å². The molecule has 0 aliphatic rings. The summed E-state index contributed by atoms with van der Waals surface area (Å²) < 4.78 is 25.7. The van der Waals surface area contributed by atoms with Gasteiger partial charge in [0.2, 0.25) is 10.0 Å². The minimum atomic E-state index is -3.53. The molecule has 2 N–H and O–H groups in total. The van der Waals surface area contributed by atoms with E-state index in [4.69, 9.17) is 5.11 Å². The number of sulfonamides is 1. The van der Waals surface area contributed by atoms with Gasteiger partial charge in [0, 0.05) is 19.6 Å². The smallest absolute Gasteiger partial charge is 0.242 e. The fourth-order valence-electron chi connectivity index (χ4n) is 1.81. The van der Waals surface area contributed by atoms with Crippen LogP contribution in [0.15, 0.2) is 29.2 Å². The fourth-order valence-corrected chi connectivity index (χ4v) is 3.03. The lowest BCUT2D eigenvalue weighted by molar-refractivity contribution is 0.266. The predicted molar refractivity (Wildman–Crippen MR) is 75.4 cm³/mol. The number of benzene rings is 1. The summed E-state index contributed by atoms with van der Waals surface area (Å²) in [5, 5.41) is 12.1. The van der Waals surface area contributed by atoms with Crippen molar-refractivity contribution in [2.24, 2.45) is 0 Å². The van der Waals surface area contributed by atoms with Gasteiger partial charge in [-0.1, -0.05) is 19.1 Å². The van der Waals surface area contributed by atoms with Crippen LogP contribution in [-0.2, 0) is 10.0 Å². The molecule has 6 heteroatoms. The van der Waals surface area contributed by atoms with Crippen LogP contribution in [0.3, 0.4) is 0 Å². The lowest BCUT2D eigenvalue weighted by Gasteiger charge is -2.18. The summed E-state index contributed by atoms with van der Waals surface area (Å²) in [6.45, 7) is 4.72. The Hall–Kier alpha value is -0.950. The number of rotatable bonds is 7. The van der Waals surface area contributed by atoms with E-state index in [0.29, 0.717) is 0 Å². The quantitative estimate of drug-likeness (QED) is 0.783. The van der Waals surface area contributed by atoms with Gasteiger partial charge in [-0.3, -0.25) is 0 Å². The van der Waals surface area contributed by atoms with Crippen molar-refractivity contribution in [1.29, 1.82) is 0 Å². The highest BCUT2D eigenvalue weighted by Crippen LogP contribution is 2.19. The number of nitrogens with one attached hydrogen (secondary N) is 1. The van der Waals surface area contributed by atoms with Crippen LogP contribution in [0.5, 0.6) is 0 Å². The van der Waals surface area contributed by atoms with Gasteiger partial charge in [-0.05, 0) is 31.2 Å². The second kappa shape index (κ2) is 7.00. The van der Waals surface area contributed by atoms with Gasteiger partial charge >= 0.3 is 0 Å². The fraction of sp³-hybridized carbons (Fsp3) is 0.538. The number of nitrogens with zero attached hydrogens (tertiary/aromatic N) is 1. The molecule has 1 rings (SSSR count). The molecule has 0 heterocycles. The van der Waals surface area contributed by atoms with E-state index in [2.05, 4.69) is 5.32 Å². The number of hydrogen-bond acceptors (Lipinski definition) is 4. The van der Waals surface area contributed by atoms with Crippen LogP contribution in [0, 0.1) is 0 Å². The summed E-state index contributed by atoms with van der Waals surface area (Å²) in [6, 6.07) is 6.99. The topological polar surface area (TPSA) is 69.6 Å². The molecule has 108 valence electrons. The normalized spacial score (nSPS) is 13.7. The van der Waals surface area contributed by atoms with Crippen molar-refractivity contribution in [1.82, 2.24) is 9.62 Å². The van der Waals surface area contributed by atoms with E-state index >= 15 is 0 Å². The molecule has 1 aromatic carbocycles. The van der Waals surface area contributed by atoms with Gasteiger partial charge < -0.3 is 10.4 Å². The lowest BCUT2D eigenvalue weighted by atomic mass is 10.1. The summed E-state index contributed by atoms with van der Waals surface area (Å²) in [5.74, 6) is 0. The first-order chi connectivity index (χ1) is 8.93. The third-order valence-corrected chi connectivity index (χ3v) is 4.84. The molecule has 0 bridgehead atoms. The van der Waals surface area contributed by atoms with E-state index < -0.39 is 10.0 Å². The van der Waals surface area contributed by atoms with Crippen molar-refractivity contribution < 1.29 is 13.5 Å². The minimum absolute atomic E-state index is 0.0926. The Morgan fingerprint density at radius 3 is 2.68 bits per heavy atom. The maximum absolute atomic E-state index is 12.2. The van der Waals surface area contributed by atoms with Gasteiger partial charge in [0.05, 0.1) is 11.5 Å². The summed E-state index contributed by atoms with van der Waals surface area (Å²) in [4.78, 5) is 0.255. The van der Waals surface area contributed by atoms with Crippen LogP contribution in [0.2, 0.25) is 0 Å². The van der Waals surface area contributed by atoms with Gasteiger partial charge in [-0.15, -0.1) is 0 Å². The highest BCUT2D eigenvalue weighted by atomic mass is 32.2. The largest absolute Gasteiger partial charge is 0.395 e. The van der Waals surface area contributed by atoms with Crippen molar-refractivity contribution in [3.63, 3.8) is 0 Å². The van der Waals surface area contributed by atoms with E-state index in [0.717, 1.165) is 16.4 Å². The highest BCUT2D eigenvalue weighted by Gasteiger charge is 2.20. The average Bonchev–Trinajstić information content (AvgIpc) is 2.39. The van der Waals surface area contributed by atoms with Crippen molar-refractivity contribution in [2.75, 3.05) is 26.7 Å². The van der Waals surface area contributed by atoms with Crippen LogP contribution in [-0.4, -0.2) is 44.6 Å². The SMILES string of the molecule is CCNC(C)c1cccc(S(=O)(=O)N(C)CCO)c1. The maximum atomic E-state index is 12.2. The average molecular weight is 286 g/mol. The van der Waals surface area contributed by atoms with Crippen LogP contribution >= 0.6 is 0 Å². The number of hydrogen-bond donors (Lipinski definition) is 2. The molecule has 0 aromatic heterocycles. The van der Waals surface area contributed by atoms with E-state index in [9.17, 15) is 8.42 Å². The van der Waals surface area contributed by atoms with E-state index in [-0.39, 0.29) is 24.1 Å². The molecule has 1 unspecified atom stereocenters. The summed E-state index contributed by atoms with van der Waals surface area (Å²) >= 11 is 0. The minimum Gasteiger partial charge on any atom is -0.395 e. The Labute approximate surface area is 115 Å². The monoisotopic (exact) mass is 286 g/mol. The zero-order chi connectivity index (χ0) is 14.5. The Balaban J connectivity index is 3.05. The molecule has 1 aromatic rings. The highest BCUT2D eigenvalue weighted by molar-refractivity contribution is 7.89. The van der Waals surface area contributed by atoms with Gasteiger partial charge in [-0.2, -0.15) is 4.31 Å². The van der Waals surface area contributed by atoms with E-state index in [1.807, 2.05) is 19.9 Å². The van der Waals surface area contributed by atoms with Crippen molar-refractivity contribution in [3.8, 4) is 0 Å². The van der Waals surface area contributed by atoms with Crippen molar-refractivity contribution in [2.45, 2.75) is 24.8 Å². The van der Waals surface area contributed by atoms with Crippen molar-refractivity contribution in [3.05, 3.63) is 29.8 Å². The van der Waals surface area contributed by atoms with Gasteiger partial charge in [0.25, 0.3) is 0 Å². The molecular weight excluding hydrogens is 264 g/mol. The first-order valence-corrected chi connectivity index (χ1v) is 7.78. The van der Waals surface area contributed by atoms with Gasteiger partial charge in [0.1, 0.15) is 0 Å². The molecule has 0 spiro atoms. The van der Waals surface area contributed by atoms with Crippen molar-refractivity contribution >= 4 is 10.0 Å². The lowest BCUT2D eigenvalue weighted by Crippen LogP contribution is -2.29. The Bertz CT molecular complexity index is 502. The molecule has 5 nitrogen and oxygen atoms in total. The first kappa shape index (κ1) is 16.1. The molecule has 0 radical (unpaired) electrons. The molecule has 0 fully saturated rings. The second-order valence-corrected chi connectivity index (χ2v) is 6.45. The first-order valence-electron chi connectivity index (χ1n) is 6.34.